The summed E-state index contributed by atoms with van der Waals surface area (Å²) in [5, 5.41) is 3.32. The number of nitrogens with one attached hydrogen (secondary N) is 1. The smallest absolute Gasteiger partial charge is 0.214 e. The van der Waals surface area contributed by atoms with Gasteiger partial charge in [-0.2, -0.15) is 4.31 Å². The van der Waals surface area contributed by atoms with E-state index in [2.05, 4.69) is 17.1 Å². The number of hydrogen-bond donors (Lipinski definition) is 1. The van der Waals surface area contributed by atoms with Gasteiger partial charge in [-0.05, 0) is 51.7 Å². The lowest BCUT2D eigenvalue weighted by molar-refractivity contribution is 0.158. The fourth-order valence-corrected chi connectivity index (χ4v) is 4.77. The minimum absolute atomic E-state index is 0.313. The number of rotatable bonds is 8. The summed E-state index contributed by atoms with van der Waals surface area (Å²) in [6.07, 6.45) is 5.23. The first kappa shape index (κ1) is 16.2. The monoisotopic (exact) mass is 303 g/mol. The predicted molar refractivity (Wildman–Crippen MR) is 82.3 cm³/mol. The summed E-state index contributed by atoms with van der Waals surface area (Å²) in [7, 11) is -3.04. The van der Waals surface area contributed by atoms with Gasteiger partial charge in [0.05, 0.1) is 5.75 Å². The second-order valence-electron chi connectivity index (χ2n) is 5.96. The zero-order valence-corrected chi connectivity index (χ0v) is 13.5. The second-order valence-corrected chi connectivity index (χ2v) is 8.05. The molecule has 0 amide bonds. The highest BCUT2D eigenvalue weighted by molar-refractivity contribution is 7.89. The van der Waals surface area contributed by atoms with Crippen LogP contribution >= 0.6 is 0 Å². The van der Waals surface area contributed by atoms with Crippen molar-refractivity contribution in [3.8, 4) is 0 Å². The van der Waals surface area contributed by atoms with Crippen molar-refractivity contribution in [3.63, 3.8) is 0 Å². The molecule has 0 radical (unpaired) electrons. The van der Waals surface area contributed by atoms with E-state index in [9.17, 15) is 8.42 Å². The van der Waals surface area contributed by atoms with Gasteiger partial charge in [-0.25, -0.2) is 8.42 Å². The normalized spacial score (nSPS) is 24.9. The first-order valence-corrected chi connectivity index (χ1v) is 9.67. The molecule has 5 nitrogen and oxygen atoms in total. The Labute approximate surface area is 123 Å². The summed E-state index contributed by atoms with van der Waals surface area (Å²) in [6.45, 7) is 7.57. The molecule has 0 aromatic rings. The molecule has 2 aliphatic heterocycles. The third-order valence-electron chi connectivity index (χ3n) is 4.38. The van der Waals surface area contributed by atoms with Gasteiger partial charge >= 0.3 is 0 Å². The number of piperazine rings is 1. The van der Waals surface area contributed by atoms with Crippen LogP contribution in [-0.2, 0) is 10.0 Å². The maximum absolute atomic E-state index is 12.4. The molecule has 1 atom stereocenters. The van der Waals surface area contributed by atoms with Crippen molar-refractivity contribution < 1.29 is 8.42 Å². The van der Waals surface area contributed by atoms with Crippen LogP contribution in [0.25, 0.3) is 0 Å². The van der Waals surface area contributed by atoms with Gasteiger partial charge in [0, 0.05) is 25.7 Å². The molecule has 0 bridgehead atoms. The molecule has 2 saturated heterocycles. The van der Waals surface area contributed by atoms with Crippen LogP contribution in [0, 0.1) is 0 Å². The molecule has 0 saturated carbocycles. The molecule has 0 aromatic carbocycles. The number of unbranched alkanes of at least 4 members (excludes halogenated alkanes) is 1. The lowest BCUT2D eigenvalue weighted by atomic mass is 10.2. The quantitative estimate of drug-likeness (QED) is 0.676. The Morgan fingerprint density at radius 1 is 1.15 bits per heavy atom. The van der Waals surface area contributed by atoms with Crippen LogP contribution in [0.5, 0.6) is 0 Å². The van der Waals surface area contributed by atoms with Gasteiger partial charge in [0.15, 0.2) is 0 Å². The van der Waals surface area contributed by atoms with Gasteiger partial charge in [-0.3, -0.25) is 4.90 Å². The minimum atomic E-state index is -3.04. The van der Waals surface area contributed by atoms with Crippen LogP contribution in [0.2, 0.25) is 0 Å². The van der Waals surface area contributed by atoms with E-state index in [-0.39, 0.29) is 0 Å². The van der Waals surface area contributed by atoms with Crippen LogP contribution in [-0.4, -0.2) is 68.7 Å². The molecule has 2 fully saturated rings. The zero-order valence-electron chi connectivity index (χ0n) is 12.7. The van der Waals surface area contributed by atoms with Crippen molar-refractivity contribution in [2.45, 2.75) is 45.1 Å². The van der Waals surface area contributed by atoms with Crippen LogP contribution in [0.4, 0.5) is 0 Å². The van der Waals surface area contributed by atoms with Gasteiger partial charge < -0.3 is 5.32 Å². The molecule has 1 unspecified atom stereocenters. The van der Waals surface area contributed by atoms with Gasteiger partial charge in [-0.1, -0.05) is 6.92 Å². The Morgan fingerprint density at radius 3 is 2.80 bits per heavy atom. The summed E-state index contributed by atoms with van der Waals surface area (Å²) in [5.74, 6) is 0.313. The van der Waals surface area contributed by atoms with E-state index < -0.39 is 10.0 Å². The third-order valence-corrected chi connectivity index (χ3v) is 6.30. The van der Waals surface area contributed by atoms with E-state index in [0.29, 0.717) is 18.3 Å². The van der Waals surface area contributed by atoms with Crippen LogP contribution in [0.3, 0.4) is 0 Å². The van der Waals surface area contributed by atoms with E-state index in [1.807, 2.05) is 0 Å². The zero-order chi connectivity index (χ0) is 14.4. The van der Waals surface area contributed by atoms with E-state index in [0.717, 1.165) is 58.4 Å². The lowest BCUT2D eigenvalue weighted by Crippen LogP contribution is -2.52. The molecular weight excluding hydrogens is 274 g/mol. The average molecular weight is 303 g/mol. The summed E-state index contributed by atoms with van der Waals surface area (Å²) in [5.41, 5.74) is 0. The standard InChI is InChI=1S/C14H29N3O2S/c1-2-7-15-8-3-4-12-20(18,19)17-11-10-16-9-5-6-14(16)13-17/h14-15H,2-13H2,1H3. The van der Waals surface area contributed by atoms with Crippen molar-refractivity contribution >= 4 is 10.0 Å². The number of nitrogens with zero attached hydrogens (tertiary/aromatic N) is 2. The predicted octanol–water partition coefficient (Wildman–Crippen LogP) is 0.876. The summed E-state index contributed by atoms with van der Waals surface area (Å²) in [6, 6.07) is 0.477. The second kappa shape index (κ2) is 7.73. The minimum Gasteiger partial charge on any atom is -0.317 e. The van der Waals surface area contributed by atoms with Gasteiger partial charge in [0.25, 0.3) is 0 Å². The highest BCUT2D eigenvalue weighted by atomic mass is 32.2. The molecule has 2 heterocycles. The first-order valence-electron chi connectivity index (χ1n) is 8.06. The summed E-state index contributed by atoms with van der Waals surface area (Å²) >= 11 is 0. The fraction of sp³-hybridized carbons (Fsp3) is 1.00. The molecule has 0 aromatic heterocycles. The van der Waals surface area contributed by atoms with E-state index in [1.165, 1.54) is 6.42 Å². The van der Waals surface area contributed by atoms with Crippen molar-refractivity contribution in [1.82, 2.24) is 14.5 Å². The molecular formula is C14H29N3O2S. The molecule has 6 heteroatoms. The third kappa shape index (κ3) is 4.41. The maximum Gasteiger partial charge on any atom is 0.214 e. The Bertz CT molecular complexity index is 386. The van der Waals surface area contributed by atoms with E-state index in [4.69, 9.17) is 0 Å². The highest BCUT2D eigenvalue weighted by Crippen LogP contribution is 2.23. The fourth-order valence-electron chi connectivity index (χ4n) is 3.18. The van der Waals surface area contributed by atoms with Crippen molar-refractivity contribution in [3.05, 3.63) is 0 Å². The van der Waals surface area contributed by atoms with Gasteiger partial charge in [-0.15, -0.1) is 0 Å². The Kier molecular flexibility index (Phi) is 6.26. The Morgan fingerprint density at radius 2 is 2.00 bits per heavy atom. The van der Waals surface area contributed by atoms with E-state index in [1.54, 1.807) is 4.31 Å². The largest absolute Gasteiger partial charge is 0.317 e. The Balaban J connectivity index is 1.70. The van der Waals surface area contributed by atoms with Gasteiger partial charge in [0.1, 0.15) is 0 Å². The van der Waals surface area contributed by atoms with Crippen LogP contribution in [0.1, 0.15) is 39.0 Å². The SMILES string of the molecule is CCCNCCCCS(=O)(=O)N1CCN2CCCC2C1. The van der Waals surface area contributed by atoms with Crippen molar-refractivity contribution in [2.24, 2.45) is 0 Å². The van der Waals surface area contributed by atoms with E-state index >= 15 is 0 Å². The van der Waals surface area contributed by atoms with Crippen molar-refractivity contribution in [1.29, 1.82) is 0 Å². The topological polar surface area (TPSA) is 52.7 Å². The molecule has 20 heavy (non-hydrogen) atoms. The Hall–Kier alpha value is -0.170. The first-order chi connectivity index (χ1) is 9.63. The summed E-state index contributed by atoms with van der Waals surface area (Å²) in [4.78, 5) is 2.45. The molecule has 0 aliphatic carbocycles. The molecule has 2 rings (SSSR count). The van der Waals surface area contributed by atoms with Gasteiger partial charge in [0.2, 0.25) is 10.0 Å². The lowest BCUT2D eigenvalue weighted by Gasteiger charge is -2.36. The van der Waals surface area contributed by atoms with Crippen LogP contribution < -0.4 is 5.32 Å². The molecule has 0 spiro atoms. The number of hydrogen-bond acceptors (Lipinski definition) is 4. The maximum atomic E-state index is 12.4. The van der Waals surface area contributed by atoms with Crippen LogP contribution in [0.15, 0.2) is 0 Å². The highest BCUT2D eigenvalue weighted by Gasteiger charge is 2.35. The van der Waals surface area contributed by atoms with Crippen molar-refractivity contribution in [2.75, 3.05) is 45.0 Å². The summed E-state index contributed by atoms with van der Waals surface area (Å²) < 4.78 is 26.4. The average Bonchev–Trinajstić information content (AvgIpc) is 2.90. The number of sulfonamides is 1. The molecule has 2 aliphatic rings. The molecule has 118 valence electrons. The molecule has 1 N–H and O–H groups in total. The number of fused-ring (bicyclic) bond motifs is 1.